The van der Waals surface area contributed by atoms with Crippen molar-refractivity contribution in [2.75, 3.05) is 37.6 Å². The van der Waals surface area contributed by atoms with Gasteiger partial charge in [0.25, 0.3) is 0 Å². The van der Waals surface area contributed by atoms with Gasteiger partial charge in [-0.2, -0.15) is 0 Å². The van der Waals surface area contributed by atoms with Crippen molar-refractivity contribution >= 4 is 11.7 Å². The lowest BCUT2D eigenvalue weighted by Gasteiger charge is -2.42. The molecule has 170 valence electrons. The van der Waals surface area contributed by atoms with Crippen molar-refractivity contribution in [3.05, 3.63) is 59.4 Å². The molecule has 2 amide bonds. The molecular formula is C27H36N4O. The number of urea groups is 1. The summed E-state index contributed by atoms with van der Waals surface area (Å²) < 4.78 is 0. The summed E-state index contributed by atoms with van der Waals surface area (Å²) in [7, 11) is 0. The van der Waals surface area contributed by atoms with Crippen LogP contribution in [0, 0.1) is 12.3 Å². The van der Waals surface area contributed by atoms with Crippen LogP contribution < -0.4 is 4.90 Å². The number of rotatable bonds is 2. The van der Waals surface area contributed by atoms with E-state index in [1.165, 1.54) is 18.4 Å². The topological polar surface area (TPSA) is 39.7 Å². The van der Waals surface area contributed by atoms with E-state index in [1.54, 1.807) is 0 Å². The first-order valence-corrected chi connectivity index (χ1v) is 12.1. The molecule has 2 fully saturated rings. The monoisotopic (exact) mass is 432 g/mol. The maximum Gasteiger partial charge on any atom is 0.324 e. The number of hydrogen-bond acceptors (Lipinski definition) is 3. The number of pyridine rings is 1. The highest BCUT2D eigenvalue weighted by molar-refractivity contribution is 5.95. The summed E-state index contributed by atoms with van der Waals surface area (Å²) in [6.45, 7) is 13.4. The van der Waals surface area contributed by atoms with Gasteiger partial charge in [-0.15, -0.1) is 0 Å². The number of aromatic nitrogens is 1. The zero-order chi connectivity index (χ0) is 22.5. The molecule has 0 saturated carbocycles. The maximum absolute atomic E-state index is 13.6. The predicted molar refractivity (Wildman–Crippen MR) is 129 cm³/mol. The Morgan fingerprint density at radius 2 is 1.66 bits per heavy atom. The van der Waals surface area contributed by atoms with Crippen molar-refractivity contribution in [1.82, 2.24) is 14.8 Å². The van der Waals surface area contributed by atoms with E-state index in [9.17, 15) is 4.79 Å². The zero-order valence-electron chi connectivity index (χ0n) is 20.0. The number of carbonyl (C=O) groups is 1. The molecule has 3 aliphatic heterocycles. The van der Waals surface area contributed by atoms with E-state index in [0.29, 0.717) is 12.6 Å². The third-order valence-electron chi connectivity index (χ3n) is 8.13. The van der Waals surface area contributed by atoms with E-state index in [2.05, 4.69) is 67.0 Å². The highest BCUT2D eigenvalue weighted by Crippen LogP contribution is 2.44. The van der Waals surface area contributed by atoms with Crippen molar-refractivity contribution in [1.29, 1.82) is 0 Å². The summed E-state index contributed by atoms with van der Waals surface area (Å²) in [5, 5.41) is 0. The zero-order valence-corrected chi connectivity index (χ0v) is 20.0. The molecule has 0 N–H and O–H groups in total. The van der Waals surface area contributed by atoms with Gasteiger partial charge in [-0.3, -0.25) is 14.8 Å². The molecule has 0 radical (unpaired) electrons. The van der Waals surface area contributed by atoms with Crippen LogP contribution in [-0.4, -0.2) is 53.5 Å². The minimum Gasteiger partial charge on any atom is -0.324 e. The van der Waals surface area contributed by atoms with Crippen LogP contribution in [0.4, 0.5) is 10.5 Å². The number of fused-ring (bicyclic) bond motifs is 1. The van der Waals surface area contributed by atoms with Gasteiger partial charge in [0.1, 0.15) is 0 Å². The number of aryl methyl sites for hydroxylation is 1. The third kappa shape index (κ3) is 3.71. The van der Waals surface area contributed by atoms with Crippen LogP contribution in [0.3, 0.4) is 0 Å². The Morgan fingerprint density at radius 1 is 0.969 bits per heavy atom. The van der Waals surface area contributed by atoms with Crippen LogP contribution in [0.2, 0.25) is 0 Å². The Morgan fingerprint density at radius 3 is 2.38 bits per heavy atom. The lowest BCUT2D eigenvalue weighted by atomic mass is 9.77. The molecule has 1 aromatic heterocycles. The minimum absolute atomic E-state index is 0.104. The first-order chi connectivity index (χ1) is 15.3. The Balaban J connectivity index is 1.24. The minimum atomic E-state index is -0.104. The van der Waals surface area contributed by atoms with E-state index < -0.39 is 0 Å². The van der Waals surface area contributed by atoms with Crippen LogP contribution in [0.25, 0.3) is 0 Å². The summed E-state index contributed by atoms with van der Waals surface area (Å²) in [6.07, 6.45) is 3.48. The van der Waals surface area contributed by atoms with Crippen LogP contribution in [0.15, 0.2) is 42.5 Å². The number of amides is 2. The molecule has 5 heteroatoms. The van der Waals surface area contributed by atoms with Crippen LogP contribution in [0.5, 0.6) is 0 Å². The van der Waals surface area contributed by atoms with E-state index in [0.717, 1.165) is 49.7 Å². The van der Waals surface area contributed by atoms with Crippen molar-refractivity contribution in [2.45, 2.75) is 58.4 Å². The number of likely N-dealkylation sites (tertiary alicyclic amines) is 2. The number of nitrogens with zero attached hydrogens (tertiary/aromatic N) is 4. The molecule has 4 heterocycles. The van der Waals surface area contributed by atoms with Gasteiger partial charge in [-0.05, 0) is 69.3 Å². The summed E-state index contributed by atoms with van der Waals surface area (Å²) in [5.74, 6) is 0. The lowest BCUT2D eigenvalue weighted by molar-refractivity contribution is 0.0837. The highest BCUT2D eigenvalue weighted by Gasteiger charge is 2.46. The fraction of sp³-hybridized carbons (Fsp3) is 0.556. The van der Waals surface area contributed by atoms with E-state index in [4.69, 9.17) is 4.98 Å². The average Bonchev–Trinajstić information content (AvgIpc) is 3.32. The van der Waals surface area contributed by atoms with Gasteiger partial charge in [0.05, 0.1) is 11.4 Å². The number of anilines is 1. The van der Waals surface area contributed by atoms with Gasteiger partial charge in [-0.25, -0.2) is 4.79 Å². The van der Waals surface area contributed by atoms with Crippen molar-refractivity contribution < 1.29 is 4.79 Å². The normalized spacial score (nSPS) is 22.9. The summed E-state index contributed by atoms with van der Waals surface area (Å²) >= 11 is 0. The molecule has 32 heavy (non-hydrogen) atoms. The maximum atomic E-state index is 13.6. The number of carbonyl (C=O) groups excluding carboxylic acids is 1. The molecule has 1 aromatic carbocycles. The van der Waals surface area contributed by atoms with Crippen molar-refractivity contribution in [3.63, 3.8) is 0 Å². The van der Waals surface area contributed by atoms with Crippen molar-refractivity contribution in [2.24, 2.45) is 5.41 Å². The van der Waals surface area contributed by atoms with Crippen LogP contribution in [-0.2, 0) is 5.41 Å². The smallest absolute Gasteiger partial charge is 0.324 e. The summed E-state index contributed by atoms with van der Waals surface area (Å²) in [6, 6.07) is 15.5. The molecule has 1 atom stereocenters. The van der Waals surface area contributed by atoms with Gasteiger partial charge in [0.2, 0.25) is 0 Å². The lowest BCUT2D eigenvalue weighted by Crippen LogP contribution is -2.46. The molecule has 1 unspecified atom stereocenters. The molecular weight excluding hydrogens is 396 g/mol. The largest absolute Gasteiger partial charge is 0.324 e. The highest BCUT2D eigenvalue weighted by atomic mass is 16.2. The van der Waals surface area contributed by atoms with Crippen LogP contribution >= 0.6 is 0 Å². The van der Waals surface area contributed by atoms with Crippen molar-refractivity contribution in [3.8, 4) is 0 Å². The number of hydrogen-bond donors (Lipinski definition) is 0. The summed E-state index contributed by atoms with van der Waals surface area (Å²) in [5.41, 5.74) is 4.65. The standard InChI is InChI=1S/C27H36N4O/c1-20-10-11-23-24(28-20)26(3,4)18-31(23)25(32)30-17-14-27(19-30)12-15-29(16-13-27)21(2)22-8-6-5-7-9-22/h5-11,21H,12-19H2,1-4H3. The average molecular weight is 433 g/mol. The fourth-order valence-corrected chi connectivity index (χ4v) is 6.00. The molecule has 3 aliphatic rings. The molecule has 1 spiro atoms. The van der Waals surface area contributed by atoms with Gasteiger partial charge >= 0.3 is 6.03 Å². The molecule has 5 nitrogen and oxygen atoms in total. The SMILES string of the molecule is Cc1ccc2c(n1)C(C)(C)CN2C(=O)N1CCC2(CCN(C(C)c3ccccc3)CC2)C1. The van der Waals surface area contributed by atoms with Crippen LogP contribution in [0.1, 0.15) is 63.0 Å². The Bertz CT molecular complexity index is 994. The van der Waals surface area contributed by atoms with E-state index in [1.807, 2.05) is 17.9 Å². The Kier molecular flexibility index (Phi) is 5.28. The van der Waals surface area contributed by atoms with E-state index in [-0.39, 0.29) is 16.9 Å². The van der Waals surface area contributed by atoms with Gasteiger partial charge in [0, 0.05) is 36.8 Å². The molecule has 0 aliphatic carbocycles. The first kappa shape index (κ1) is 21.4. The third-order valence-corrected chi connectivity index (χ3v) is 8.13. The first-order valence-electron chi connectivity index (χ1n) is 12.1. The molecule has 2 aromatic rings. The molecule has 0 bridgehead atoms. The quantitative estimate of drug-likeness (QED) is 0.658. The van der Waals surface area contributed by atoms with Gasteiger partial charge in [-0.1, -0.05) is 44.2 Å². The number of benzene rings is 1. The van der Waals surface area contributed by atoms with E-state index >= 15 is 0 Å². The molecule has 2 saturated heterocycles. The van der Waals surface area contributed by atoms with Gasteiger partial charge < -0.3 is 4.90 Å². The fourth-order valence-electron chi connectivity index (χ4n) is 6.00. The number of piperidine rings is 1. The summed E-state index contributed by atoms with van der Waals surface area (Å²) in [4.78, 5) is 25.1. The second-order valence-electron chi connectivity index (χ2n) is 10.9. The predicted octanol–water partition coefficient (Wildman–Crippen LogP) is 5.16. The second kappa shape index (κ2) is 7.87. The van der Waals surface area contributed by atoms with Gasteiger partial charge in [0.15, 0.2) is 0 Å². The second-order valence-corrected chi connectivity index (χ2v) is 10.9. The molecule has 5 rings (SSSR count). The Labute approximate surface area is 192 Å². The Hall–Kier alpha value is -2.40.